The lowest BCUT2D eigenvalue weighted by Gasteiger charge is -2.40. The largest absolute Gasteiger partial charge is 0.534 e. The van der Waals surface area contributed by atoms with Gasteiger partial charge in [0, 0.05) is 43.4 Å². The fourth-order valence-corrected chi connectivity index (χ4v) is 4.97. The highest BCUT2D eigenvalue weighted by Crippen LogP contribution is 2.38. The number of likely N-dealkylation sites (tertiary alicyclic amines) is 1. The Kier molecular flexibility index (Phi) is 9.63. The molecule has 3 heterocycles. The second-order valence-corrected chi connectivity index (χ2v) is 13.8. The fraction of sp³-hybridized carbons (Fsp3) is 0.630. The molecule has 2 aromatic rings. The Labute approximate surface area is 249 Å². The van der Waals surface area contributed by atoms with Crippen LogP contribution in [-0.4, -0.2) is 71.0 Å². The standard InChI is InChI=1S/C27H38F3N5O7S/c1-8-40-22(36)26(10-13-34(14-11-26)23(37)41-25(5,6)7)17-18-15-19(42-43(38,39)27(28,29)30)16-20(32-18)33-21-9-12-31-35(21)24(2,3)4/h9,12,15-16H,8,10-11,13-14,17H2,1-7H3,(H,32,33). The average molecular weight is 634 g/mol. The molecule has 3 rings (SSSR count). The zero-order valence-electron chi connectivity index (χ0n) is 25.2. The number of hydrogen-bond donors (Lipinski definition) is 1. The molecular weight excluding hydrogens is 595 g/mol. The maximum atomic E-state index is 13.3. The molecule has 0 unspecified atom stereocenters. The molecule has 12 nitrogen and oxygen atoms in total. The highest BCUT2D eigenvalue weighted by molar-refractivity contribution is 7.88. The molecule has 1 amide bonds. The Morgan fingerprint density at radius 3 is 2.23 bits per heavy atom. The molecule has 1 fully saturated rings. The van der Waals surface area contributed by atoms with Gasteiger partial charge in [0.2, 0.25) is 0 Å². The van der Waals surface area contributed by atoms with Crippen molar-refractivity contribution in [1.29, 1.82) is 0 Å². The summed E-state index contributed by atoms with van der Waals surface area (Å²) in [5, 5.41) is 7.22. The normalized spacial score (nSPS) is 16.0. The van der Waals surface area contributed by atoms with Crippen molar-refractivity contribution in [2.24, 2.45) is 5.41 Å². The van der Waals surface area contributed by atoms with Gasteiger partial charge in [-0.3, -0.25) is 4.79 Å². The zero-order valence-corrected chi connectivity index (χ0v) is 26.1. The van der Waals surface area contributed by atoms with Gasteiger partial charge >= 0.3 is 27.7 Å². The van der Waals surface area contributed by atoms with Crippen LogP contribution in [0, 0.1) is 5.41 Å². The minimum absolute atomic E-state index is 0.0407. The number of carbonyl (C=O) groups excluding carboxylic acids is 2. The van der Waals surface area contributed by atoms with E-state index in [-0.39, 0.29) is 50.5 Å². The van der Waals surface area contributed by atoms with E-state index in [1.165, 1.54) is 11.1 Å². The van der Waals surface area contributed by atoms with E-state index in [1.807, 2.05) is 20.8 Å². The molecule has 0 bridgehead atoms. The highest BCUT2D eigenvalue weighted by atomic mass is 32.2. The van der Waals surface area contributed by atoms with Gasteiger partial charge < -0.3 is 23.9 Å². The number of pyridine rings is 1. The summed E-state index contributed by atoms with van der Waals surface area (Å²) >= 11 is 0. The SMILES string of the molecule is CCOC(=O)C1(Cc2cc(OS(=O)(=O)C(F)(F)F)cc(Nc3ccnn3C(C)(C)C)n2)CCN(C(=O)OC(C)(C)C)CC1. The molecule has 0 aliphatic carbocycles. The first-order valence-corrected chi connectivity index (χ1v) is 15.0. The van der Waals surface area contributed by atoms with E-state index >= 15 is 0 Å². The van der Waals surface area contributed by atoms with Gasteiger partial charge in [-0.2, -0.15) is 26.7 Å². The summed E-state index contributed by atoms with van der Waals surface area (Å²) in [5.74, 6) is -0.847. The molecule has 2 aromatic heterocycles. The van der Waals surface area contributed by atoms with E-state index in [9.17, 15) is 31.2 Å². The predicted molar refractivity (Wildman–Crippen MR) is 150 cm³/mol. The molecule has 0 aromatic carbocycles. The number of alkyl halides is 3. The van der Waals surface area contributed by atoms with E-state index in [2.05, 4.69) is 19.6 Å². The third kappa shape index (κ3) is 8.51. The molecule has 0 atom stereocenters. The van der Waals surface area contributed by atoms with Gasteiger partial charge in [-0.25, -0.2) is 14.5 Å². The van der Waals surface area contributed by atoms with Crippen LogP contribution >= 0.6 is 0 Å². The van der Waals surface area contributed by atoms with Gasteiger partial charge in [-0.15, -0.1) is 0 Å². The summed E-state index contributed by atoms with van der Waals surface area (Å²) in [6, 6.07) is 3.66. The summed E-state index contributed by atoms with van der Waals surface area (Å²) in [5.41, 5.74) is -8.03. The molecule has 240 valence electrons. The van der Waals surface area contributed by atoms with Gasteiger partial charge in [0.15, 0.2) is 0 Å². The van der Waals surface area contributed by atoms with E-state index in [1.54, 1.807) is 38.4 Å². The third-order valence-electron chi connectivity index (χ3n) is 6.48. The van der Waals surface area contributed by atoms with Gasteiger partial charge in [0.05, 0.1) is 23.8 Å². The van der Waals surface area contributed by atoms with Crippen LogP contribution in [0.3, 0.4) is 0 Å². The van der Waals surface area contributed by atoms with Crippen LogP contribution in [0.15, 0.2) is 24.4 Å². The molecule has 1 aliphatic rings. The monoisotopic (exact) mass is 633 g/mol. The van der Waals surface area contributed by atoms with Crippen LogP contribution in [0.5, 0.6) is 5.75 Å². The van der Waals surface area contributed by atoms with Crippen LogP contribution in [0.25, 0.3) is 0 Å². The number of carbonyl (C=O) groups is 2. The van der Waals surface area contributed by atoms with Gasteiger partial charge in [0.25, 0.3) is 0 Å². The number of ether oxygens (including phenoxy) is 2. The molecule has 43 heavy (non-hydrogen) atoms. The summed E-state index contributed by atoms with van der Waals surface area (Å²) in [4.78, 5) is 31.9. The lowest BCUT2D eigenvalue weighted by molar-refractivity contribution is -0.158. The summed E-state index contributed by atoms with van der Waals surface area (Å²) in [7, 11) is -6.01. The van der Waals surface area contributed by atoms with Crippen molar-refractivity contribution < 1.29 is 44.8 Å². The predicted octanol–water partition coefficient (Wildman–Crippen LogP) is 5.13. The van der Waals surface area contributed by atoms with Gasteiger partial charge in [-0.05, 0) is 61.3 Å². The number of anilines is 2. The number of halogens is 3. The summed E-state index contributed by atoms with van der Waals surface area (Å²) in [6.45, 7) is 12.8. The van der Waals surface area contributed by atoms with E-state index in [0.717, 1.165) is 12.1 Å². The Balaban J connectivity index is 2.01. The molecule has 1 N–H and O–H groups in total. The Morgan fingerprint density at radius 2 is 1.70 bits per heavy atom. The number of esters is 1. The molecular formula is C27H38F3N5O7S. The molecule has 0 radical (unpaired) electrons. The first kappa shape index (κ1) is 33.9. The topological polar surface area (TPSA) is 142 Å². The average Bonchev–Trinajstić information content (AvgIpc) is 3.31. The van der Waals surface area contributed by atoms with Crippen molar-refractivity contribution in [3.05, 3.63) is 30.1 Å². The molecule has 16 heteroatoms. The Morgan fingerprint density at radius 1 is 1.07 bits per heavy atom. The number of aromatic nitrogens is 3. The molecule has 0 spiro atoms. The fourth-order valence-electron chi connectivity index (χ4n) is 4.53. The number of amides is 1. The van der Waals surface area contributed by atoms with Gasteiger partial charge in [0.1, 0.15) is 23.0 Å². The van der Waals surface area contributed by atoms with Crippen LogP contribution in [0.4, 0.5) is 29.6 Å². The van der Waals surface area contributed by atoms with Crippen LogP contribution in [0.1, 0.15) is 67.0 Å². The number of nitrogens with one attached hydrogen (secondary N) is 1. The number of piperidine rings is 1. The van der Waals surface area contributed by atoms with E-state index < -0.39 is 50.0 Å². The smallest absolute Gasteiger partial charge is 0.466 e. The lowest BCUT2D eigenvalue weighted by atomic mass is 9.74. The van der Waals surface area contributed by atoms with E-state index in [0.29, 0.717) is 5.82 Å². The second-order valence-electron chi connectivity index (χ2n) is 12.2. The molecule has 0 saturated carbocycles. The number of rotatable bonds is 8. The van der Waals surface area contributed by atoms with Crippen LogP contribution in [-0.2, 0) is 36.3 Å². The quantitative estimate of drug-likeness (QED) is 0.236. The first-order valence-electron chi connectivity index (χ1n) is 13.6. The Bertz CT molecular complexity index is 1420. The lowest BCUT2D eigenvalue weighted by Crippen LogP contribution is -2.49. The first-order chi connectivity index (χ1) is 19.7. The Hall–Kier alpha value is -3.56. The van der Waals surface area contributed by atoms with Gasteiger partial charge in [-0.1, -0.05) is 0 Å². The summed E-state index contributed by atoms with van der Waals surface area (Å²) < 4.78 is 80.1. The maximum absolute atomic E-state index is 13.3. The van der Waals surface area contributed by atoms with Crippen LogP contribution in [0.2, 0.25) is 0 Å². The minimum atomic E-state index is -6.01. The van der Waals surface area contributed by atoms with Crippen molar-refractivity contribution in [3.63, 3.8) is 0 Å². The van der Waals surface area contributed by atoms with Crippen molar-refractivity contribution in [1.82, 2.24) is 19.7 Å². The summed E-state index contributed by atoms with van der Waals surface area (Å²) in [6.07, 6.45) is 1.11. The number of hydrogen-bond acceptors (Lipinski definition) is 10. The van der Waals surface area contributed by atoms with Crippen LogP contribution < -0.4 is 9.50 Å². The van der Waals surface area contributed by atoms with Crippen molar-refractivity contribution >= 4 is 33.8 Å². The second kappa shape index (κ2) is 12.2. The van der Waals surface area contributed by atoms with Crippen molar-refractivity contribution in [2.45, 2.75) is 84.4 Å². The van der Waals surface area contributed by atoms with Crippen molar-refractivity contribution in [3.8, 4) is 5.75 Å². The zero-order chi connectivity index (χ0) is 32.4. The molecule has 1 aliphatic heterocycles. The maximum Gasteiger partial charge on any atom is 0.534 e. The van der Waals surface area contributed by atoms with E-state index in [4.69, 9.17) is 9.47 Å². The third-order valence-corrected chi connectivity index (χ3v) is 7.45. The van der Waals surface area contributed by atoms with Crippen molar-refractivity contribution in [2.75, 3.05) is 25.0 Å². The highest BCUT2D eigenvalue weighted by Gasteiger charge is 2.49. The number of nitrogens with zero attached hydrogens (tertiary/aromatic N) is 4. The minimum Gasteiger partial charge on any atom is -0.466 e. The molecule has 1 saturated heterocycles.